The van der Waals surface area contributed by atoms with Gasteiger partial charge in [-0.25, -0.2) is 9.40 Å². The topological polar surface area (TPSA) is 23.6 Å². The quantitative estimate of drug-likeness (QED) is 0.796. The number of halogens is 2. The highest BCUT2D eigenvalue weighted by molar-refractivity contribution is 6.18. The fourth-order valence-corrected chi connectivity index (χ4v) is 3.97. The predicted octanol–water partition coefficient (Wildman–Crippen LogP) is 3.36. The number of nitrogens with zero attached hydrogens (tertiary/aromatic N) is 2. The molecule has 5 heteroatoms. The van der Waals surface area contributed by atoms with Crippen LogP contribution in [0.15, 0.2) is 24.3 Å². The largest absolute Gasteiger partial charge is 0.273 e. The van der Waals surface area contributed by atoms with Crippen LogP contribution in [0.1, 0.15) is 37.8 Å². The number of rotatable bonds is 4. The van der Waals surface area contributed by atoms with Crippen molar-refractivity contribution in [2.45, 2.75) is 32.2 Å². The molecule has 3 rings (SSSR count). The van der Waals surface area contributed by atoms with Gasteiger partial charge >= 0.3 is 0 Å². The minimum Gasteiger partial charge on any atom is -0.273 e. The number of carbonyl (C=O) groups excluding carboxylic acids is 1. The normalized spacial score (nSPS) is 29.2. The van der Waals surface area contributed by atoms with Crippen molar-refractivity contribution in [2.75, 3.05) is 19.0 Å². The number of alkyl halides is 1. The number of benzene rings is 1. The molecule has 0 aromatic heterocycles. The summed E-state index contributed by atoms with van der Waals surface area (Å²) in [6.07, 6.45) is 2.35. The molecule has 1 aromatic rings. The predicted molar refractivity (Wildman–Crippen MR) is 80.2 cm³/mol. The standard InChI is InChI=1S/C16H20ClFN2O/c1-2-16(7-8-17)11-19-9-6-14(20(19)15(16)21)12-4-3-5-13(18)10-12/h3-5,10,14H,2,6-9,11H2,1H3/t14-,16-/m0/s1. The maximum Gasteiger partial charge on any atom is 0.245 e. The highest BCUT2D eigenvalue weighted by Gasteiger charge is 2.53. The molecule has 0 radical (unpaired) electrons. The second-order valence-electron chi connectivity index (χ2n) is 5.97. The number of amides is 1. The summed E-state index contributed by atoms with van der Waals surface area (Å²) in [5.74, 6) is 0.392. The van der Waals surface area contributed by atoms with Gasteiger partial charge in [0, 0.05) is 19.0 Å². The van der Waals surface area contributed by atoms with Gasteiger partial charge in [-0.05, 0) is 37.0 Å². The monoisotopic (exact) mass is 310 g/mol. The fourth-order valence-electron chi connectivity index (χ4n) is 3.61. The molecule has 0 N–H and O–H groups in total. The van der Waals surface area contributed by atoms with Crippen LogP contribution in [0.5, 0.6) is 0 Å². The molecule has 1 aromatic carbocycles. The van der Waals surface area contributed by atoms with E-state index in [0.717, 1.165) is 31.5 Å². The number of carbonyl (C=O) groups is 1. The van der Waals surface area contributed by atoms with Crippen LogP contribution in [-0.4, -0.2) is 34.9 Å². The Morgan fingerprint density at radius 2 is 2.29 bits per heavy atom. The van der Waals surface area contributed by atoms with Crippen molar-refractivity contribution < 1.29 is 9.18 Å². The third kappa shape index (κ3) is 2.34. The molecule has 21 heavy (non-hydrogen) atoms. The Morgan fingerprint density at radius 3 is 2.95 bits per heavy atom. The van der Waals surface area contributed by atoms with Crippen LogP contribution in [0.3, 0.4) is 0 Å². The average Bonchev–Trinajstić information content (AvgIpc) is 2.99. The number of hydrazine groups is 1. The van der Waals surface area contributed by atoms with Crippen LogP contribution in [0, 0.1) is 11.2 Å². The van der Waals surface area contributed by atoms with Gasteiger partial charge in [0.05, 0.1) is 11.5 Å². The van der Waals surface area contributed by atoms with Crippen molar-refractivity contribution in [3.05, 3.63) is 35.6 Å². The maximum atomic E-state index is 13.5. The number of fused-ring (bicyclic) bond motifs is 1. The van der Waals surface area contributed by atoms with Gasteiger partial charge in [-0.1, -0.05) is 19.1 Å². The lowest BCUT2D eigenvalue weighted by Gasteiger charge is -2.27. The Hall–Kier alpha value is -1.13. The van der Waals surface area contributed by atoms with Crippen molar-refractivity contribution in [2.24, 2.45) is 5.41 Å². The number of hydrogen-bond acceptors (Lipinski definition) is 2. The fraction of sp³-hybridized carbons (Fsp3) is 0.562. The smallest absolute Gasteiger partial charge is 0.245 e. The lowest BCUT2D eigenvalue weighted by molar-refractivity contribution is -0.143. The van der Waals surface area contributed by atoms with Crippen molar-refractivity contribution in [1.29, 1.82) is 0 Å². The van der Waals surface area contributed by atoms with E-state index in [0.29, 0.717) is 12.3 Å². The van der Waals surface area contributed by atoms with E-state index < -0.39 is 0 Å². The molecule has 2 fully saturated rings. The lowest BCUT2D eigenvalue weighted by atomic mass is 9.81. The molecule has 114 valence electrons. The molecule has 0 bridgehead atoms. The van der Waals surface area contributed by atoms with E-state index in [1.54, 1.807) is 6.07 Å². The Bertz CT molecular complexity index is 553. The molecule has 2 heterocycles. The molecule has 0 saturated carbocycles. The maximum absolute atomic E-state index is 13.5. The van der Waals surface area contributed by atoms with E-state index in [2.05, 4.69) is 5.01 Å². The Balaban J connectivity index is 1.90. The highest BCUT2D eigenvalue weighted by atomic mass is 35.5. The molecular formula is C16H20ClFN2O. The average molecular weight is 311 g/mol. The van der Waals surface area contributed by atoms with Crippen LogP contribution in [0.25, 0.3) is 0 Å². The van der Waals surface area contributed by atoms with E-state index in [-0.39, 0.29) is 23.2 Å². The van der Waals surface area contributed by atoms with E-state index in [1.165, 1.54) is 12.1 Å². The van der Waals surface area contributed by atoms with Crippen LogP contribution in [0.4, 0.5) is 4.39 Å². The van der Waals surface area contributed by atoms with Gasteiger partial charge in [-0.3, -0.25) is 9.80 Å². The summed E-state index contributed by atoms with van der Waals surface area (Å²) in [4.78, 5) is 12.9. The van der Waals surface area contributed by atoms with Crippen LogP contribution < -0.4 is 0 Å². The Morgan fingerprint density at radius 1 is 1.48 bits per heavy atom. The third-order valence-corrected chi connectivity index (χ3v) is 5.08. The van der Waals surface area contributed by atoms with Crippen LogP contribution in [0.2, 0.25) is 0 Å². The molecule has 2 aliphatic heterocycles. The van der Waals surface area contributed by atoms with E-state index >= 15 is 0 Å². The molecule has 2 aliphatic rings. The molecule has 2 atom stereocenters. The first-order chi connectivity index (χ1) is 10.1. The zero-order valence-electron chi connectivity index (χ0n) is 12.2. The highest BCUT2D eigenvalue weighted by Crippen LogP contribution is 2.45. The van der Waals surface area contributed by atoms with Gasteiger partial charge in [0.1, 0.15) is 5.82 Å². The van der Waals surface area contributed by atoms with Gasteiger partial charge in [0.15, 0.2) is 0 Å². The van der Waals surface area contributed by atoms with Crippen LogP contribution in [-0.2, 0) is 4.79 Å². The van der Waals surface area contributed by atoms with Gasteiger partial charge < -0.3 is 0 Å². The second kappa shape index (κ2) is 5.58. The summed E-state index contributed by atoms with van der Waals surface area (Å²) < 4.78 is 13.5. The van der Waals surface area contributed by atoms with Crippen LogP contribution >= 0.6 is 11.6 Å². The summed E-state index contributed by atoms with van der Waals surface area (Å²) in [6, 6.07) is 6.54. The van der Waals surface area contributed by atoms with Crippen molar-refractivity contribution >= 4 is 17.5 Å². The second-order valence-corrected chi connectivity index (χ2v) is 6.35. The van der Waals surface area contributed by atoms with E-state index in [9.17, 15) is 9.18 Å². The van der Waals surface area contributed by atoms with E-state index in [1.807, 2.05) is 18.0 Å². The first-order valence-corrected chi connectivity index (χ1v) is 8.05. The zero-order chi connectivity index (χ0) is 15.0. The van der Waals surface area contributed by atoms with E-state index in [4.69, 9.17) is 11.6 Å². The minimum atomic E-state index is -0.367. The van der Waals surface area contributed by atoms with Crippen molar-refractivity contribution in [1.82, 2.24) is 10.0 Å². The molecule has 0 unspecified atom stereocenters. The number of hydrogen-bond donors (Lipinski definition) is 0. The van der Waals surface area contributed by atoms with Gasteiger partial charge in [-0.15, -0.1) is 11.6 Å². The molecule has 0 aliphatic carbocycles. The van der Waals surface area contributed by atoms with Gasteiger partial charge in [0.2, 0.25) is 5.91 Å². The first kappa shape index (κ1) is 14.8. The minimum absolute atomic E-state index is 0.0445. The molecule has 0 spiro atoms. The zero-order valence-corrected chi connectivity index (χ0v) is 12.9. The van der Waals surface area contributed by atoms with Gasteiger partial charge in [0.25, 0.3) is 0 Å². The summed E-state index contributed by atoms with van der Waals surface area (Å²) in [5, 5.41) is 3.97. The Labute approximate surface area is 129 Å². The summed E-state index contributed by atoms with van der Waals surface area (Å²) in [6.45, 7) is 3.63. The summed E-state index contributed by atoms with van der Waals surface area (Å²) in [5.41, 5.74) is 0.511. The third-order valence-electron chi connectivity index (χ3n) is 4.89. The molecule has 2 saturated heterocycles. The molecule has 1 amide bonds. The van der Waals surface area contributed by atoms with Gasteiger partial charge in [-0.2, -0.15) is 0 Å². The summed E-state index contributed by atoms with van der Waals surface area (Å²) >= 11 is 5.91. The first-order valence-electron chi connectivity index (χ1n) is 7.51. The molecular weight excluding hydrogens is 291 g/mol. The van der Waals surface area contributed by atoms with Crippen molar-refractivity contribution in [3.8, 4) is 0 Å². The van der Waals surface area contributed by atoms with Crippen molar-refractivity contribution in [3.63, 3.8) is 0 Å². The SMILES string of the molecule is CC[C@]1(CCCl)CN2CC[C@@H](c3cccc(F)c3)N2C1=O. The summed E-state index contributed by atoms with van der Waals surface area (Å²) in [7, 11) is 0. The Kier molecular flexibility index (Phi) is 3.93. The lowest BCUT2D eigenvalue weighted by Crippen LogP contribution is -2.37. The molecule has 3 nitrogen and oxygen atoms in total.